The molecule has 2 aliphatic heterocycles. The Morgan fingerprint density at radius 3 is 2.44 bits per heavy atom. The first-order valence-corrected chi connectivity index (χ1v) is 11.8. The van der Waals surface area contributed by atoms with E-state index in [1.165, 1.54) is 41.5 Å². The number of aromatic nitrogens is 5. The molecule has 6 nitrogen and oxygen atoms in total. The highest BCUT2D eigenvalue weighted by Gasteiger charge is 2.35. The van der Waals surface area contributed by atoms with Crippen LogP contribution in [0.25, 0.3) is 34.0 Å². The molecular formula is C27H19F6N5O. The van der Waals surface area contributed by atoms with Crippen LogP contribution in [0.5, 0.6) is 5.75 Å². The summed E-state index contributed by atoms with van der Waals surface area (Å²) in [5.41, 5.74) is -1.05. The molecule has 0 unspecified atom stereocenters. The summed E-state index contributed by atoms with van der Waals surface area (Å²) in [4.78, 5) is 12.4. The molecule has 12 heteroatoms. The average Bonchev–Trinajstić information content (AvgIpc) is 3.32. The van der Waals surface area contributed by atoms with Crippen molar-refractivity contribution in [2.24, 2.45) is 0 Å². The molecule has 39 heavy (non-hydrogen) atoms. The first-order valence-electron chi connectivity index (χ1n) is 11.8. The average molecular weight is 543 g/mol. The summed E-state index contributed by atoms with van der Waals surface area (Å²) in [6.45, 7) is 2.08. The zero-order valence-corrected chi connectivity index (χ0v) is 20.3. The van der Waals surface area contributed by atoms with Crippen molar-refractivity contribution < 1.29 is 31.1 Å². The molecule has 0 saturated heterocycles. The van der Waals surface area contributed by atoms with Crippen molar-refractivity contribution in [3.63, 3.8) is 0 Å². The molecule has 0 amide bonds. The molecule has 0 atom stereocenters. The van der Waals surface area contributed by atoms with Crippen LogP contribution in [-0.4, -0.2) is 31.3 Å². The normalized spacial score (nSPS) is 11.8. The van der Waals surface area contributed by atoms with Crippen molar-refractivity contribution in [3.8, 4) is 39.8 Å². The Kier molecular flexibility index (Phi) is 6.94. The predicted molar refractivity (Wildman–Crippen MR) is 129 cm³/mol. The third-order valence-electron chi connectivity index (χ3n) is 5.77. The van der Waals surface area contributed by atoms with Gasteiger partial charge >= 0.3 is 6.18 Å². The highest BCUT2D eigenvalue weighted by atomic mass is 19.4. The largest absolute Gasteiger partial charge is 0.494 e. The number of alkyl halides is 3. The summed E-state index contributed by atoms with van der Waals surface area (Å²) in [6, 6.07) is 8.06. The van der Waals surface area contributed by atoms with E-state index in [4.69, 9.17) is 4.74 Å². The van der Waals surface area contributed by atoms with Gasteiger partial charge in [-0.1, -0.05) is 13.0 Å². The van der Waals surface area contributed by atoms with Crippen LogP contribution >= 0.6 is 0 Å². The van der Waals surface area contributed by atoms with Crippen LogP contribution < -0.4 is 4.74 Å². The minimum atomic E-state index is -4.75. The Bertz CT molecular complexity index is 1620. The lowest BCUT2D eigenvalue weighted by atomic mass is 10.0. The van der Waals surface area contributed by atoms with Gasteiger partial charge in [-0.05, 0) is 48.4 Å². The summed E-state index contributed by atoms with van der Waals surface area (Å²) in [5, 5.41) is 4.17. The van der Waals surface area contributed by atoms with Crippen LogP contribution in [0.4, 0.5) is 26.3 Å². The van der Waals surface area contributed by atoms with Crippen molar-refractivity contribution in [3.05, 3.63) is 89.6 Å². The maximum absolute atomic E-state index is 15.0. The molecule has 200 valence electrons. The number of ether oxygens (including phenoxy) is 1. The fraction of sp³-hybridized carbons (Fsp3) is 0.185. The number of benzene rings is 2. The van der Waals surface area contributed by atoms with E-state index in [-0.39, 0.29) is 30.3 Å². The number of hydrogen-bond acceptors (Lipinski definition) is 5. The van der Waals surface area contributed by atoms with E-state index in [0.29, 0.717) is 23.4 Å². The van der Waals surface area contributed by atoms with Crippen LogP contribution in [0.2, 0.25) is 0 Å². The lowest BCUT2D eigenvalue weighted by molar-refractivity contribution is -0.137. The number of imidazole rings is 1. The number of hydrogen-bond donors (Lipinski definition) is 0. The molecule has 0 N–H and O–H groups in total. The van der Waals surface area contributed by atoms with Crippen LogP contribution in [0.15, 0.2) is 61.1 Å². The molecule has 2 aliphatic rings. The molecule has 0 spiro atoms. The van der Waals surface area contributed by atoms with E-state index in [2.05, 4.69) is 20.1 Å². The molecule has 1 aromatic heterocycles. The van der Waals surface area contributed by atoms with Crippen LogP contribution in [0, 0.1) is 17.5 Å². The van der Waals surface area contributed by atoms with Gasteiger partial charge in [-0.2, -0.15) is 18.3 Å². The maximum Gasteiger partial charge on any atom is 0.417 e. The molecule has 0 bridgehead atoms. The summed E-state index contributed by atoms with van der Waals surface area (Å²) < 4.78 is 90.7. The van der Waals surface area contributed by atoms with E-state index in [1.807, 2.05) is 6.92 Å². The topological polar surface area (TPSA) is 65.7 Å². The molecule has 0 radical (unpaired) electrons. The number of rotatable bonds is 7. The van der Waals surface area contributed by atoms with Gasteiger partial charge in [0.25, 0.3) is 0 Å². The fourth-order valence-electron chi connectivity index (χ4n) is 3.97. The highest BCUT2D eigenvalue weighted by molar-refractivity contribution is 5.67. The third-order valence-corrected chi connectivity index (χ3v) is 5.77. The van der Waals surface area contributed by atoms with Crippen molar-refractivity contribution in [1.29, 1.82) is 0 Å². The zero-order valence-electron chi connectivity index (χ0n) is 20.3. The highest BCUT2D eigenvalue weighted by Crippen LogP contribution is 2.39. The van der Waals surface area contributed by atoms with Crippen molar-refractivity contribution in [1.82, 2.24) is 24.7 Å². The molecule has 0 fully saturated rings. The number of nitrogens with zero attached hydrogens (tertiary/aromatic N) is 5. The second-order valence-electron chi connectivity index (χ2n) is 8.62. The number of pyridine rings is 1. The minimum absolute atomic E-state index is 0.00653. The lowest BCUT2D eigenvalue weighted by Crippen LogP contribution is -2.10. The van der Waals surface area contributed by atoms with Gasteiger partial charge in [-0.3, -0.25) is 9.67 Å². The fourth-order valence-corrected chi connectivity index (χ4v) is 3.97. The standard InChI is InChI=1S/C27H19F6N5O/c1-2-8-39-16-6-7-17(19(10-16)27(31,32)33)25-21(29)9-15(11-34-25)13-38-14-23-22(12-35-38)36-26(37-23)18-4-3-5-20(28)24(18)30/h3-7,9-12,14H,2,8,13H2,1H3. The van der Waals surface area contributed by atoms with Gasteiger partial charge in [0.1, 0.15) is 28.6 Å². The summed E-state index contributed by atoms with van der Waals surface area (Å²) >= 11 is 0. The quantitative estimate of drug-likeness (QED) is 0.212. The molecular weight excluding hydrogens is 524 g/mol. The van der Waals surface area contributed by atoms with Gasteiger partial charge in [0.2, 0.25) is 0 Å². The Labute approximate surface area is 218 Å². The Hall–Kier alpha value is -4.48. The Balaban J connectivity index is 1.42. The van der Waals surface area contributed by atoms with Crippen LogP contribution in [0.3, 0.4) is 0 Å². The predicted octanol–water partition coefficient (Wildman–Crippen LogP) is 6.78. The summed E-state index contributed by atoms with van der Waals surface area (Å²) in [5.74, 6) is -3.05. The number of fused-ring (bicyclic) bond motifs is 1. The first kappa shape index (κ1) is 26.1. The van der Waals surface area contributed by atoms with Gasteiger partial charge in [-0.25, -0.2) is 23.1 Å². The van der Waals surface area contributed by atoms with Crippen molar-refractivity contribution in [2.75, 3.05) is 6.61 Å². The molecule has 0 saturated carbocycles. The van der Waals surface area contributed by atoms with Gasteiger partial charge in [0.05, 0.1) is 36.7 Å². The molecule has 0 aliphatic carbocycles. The van der Waals surface area contributed by atoms with Gasteiger partial charge in [0.15, 0.2) is 17.5 Å². The first-order chi connectivity index (χ1) is 18.6. The smallest absolute Gasteiger partial charge is 0.417 e. The molecule has 2 aromatic carbocycles. The minimum Gasteiger partial charge on any atom is -0.494 e. The van der Waals surface area contributed by atoms with Gasteiger partial charge in [0, 0.05) is 11.8 Å². The SMILES string of the molecule is CCCOc1ccc(-c2ncc(Cn3cc4nc(-c5cccc(F)c5F)nc-4cn3)cc2F)c(C(F)(F)F)c1. The third kappa shape index (κ3) is 5.40. The van der Waals surface area contributed by atoms with Gasteiger partial charge < -0.3 is 4.74 Å². The molecule has 3 aromatic rings. The van der Waals surface area contributed by atoms with Crippen LogP contribution in [0.1, 0.15) is 24.5 Å². The second-order valence-corrected chi connectivity index (χ2v) is 8.62. The van der Waals surface area contributed by atoms with Crippen molar-refractivity contribution in [2.45, 2.75) is 26.1 Å². The lowest BCUT2D eigenvalue weighted by Gasteiger charge is -2.15. The monoisotopic (exact) mass is 543 g/mol. The van der Waals surface area contributed by atoms with E-state index in [0.717, 1.165) is 24.3 Å². The maximum atomic E-state index is 15.0. The number of halogens is 6. The second kappa shape index (κ2) is 10.4. The zero-order chi connectivity index (χ0) is 27.7. The summed E-state index contributed by atoms with van der Waals surface area (Å²) in [6.07, 6.45) is -0.0454. The Morgan fingerprint density at radius 1 is 0.897 bits per heavy atom. The van der Waals surface area contributed by atoms with E-state index >= 15 is 4.39 Å². The molecule has 5 rings (SSSR count). The van der Waals surface area contributed by atoms with E-state index in [1.54, 1.807) is 0 Å². The summed E-state index contributed by atoms with van der Waals surface area (Å²) in [7, 11) is 0. The Morgan fingerprint density at radius 2 is 1.69 bits per heavy atom. The molecule has 3 heterocycles. The van der Waals surface area contributed by atoms with E-state index in [9.17, 15) is 22.0 Å². The van der Waals surface area contributed by atoms with Crippen LogP contribution in [-0.2, 0) is 12.7 Å². The van der Waals surface area contributed by atoms with Crippen molar-refractivity contribution >= 4 is 0 Å². The van der Waals surface area contributed by atoms with E-state index < -0.39 is 40.4 Å². The van der Waals surface area contributed by atoms with Gasteiger partial charge in [-0.15, -0.1) is 0 Å².